The molecule has 2 atom stereocenters. The van der Waals surface area contributed by atoms with E-state index in [4.69, 9.17) is 14.6 Å². The summed E-state index contributed by atoms with van der Waals surface area (Å²) in [5, 5.41) is 14.0. The fourth-order valence-electron chi connectivity index (χ4n) is 4.08. The average Bonchev–Trinajstić information content (AvgIpc) is 3.11. The molecule has 1 aliphatic rings. The summed E-state index contributed by atoms with van der Waals surface area (Å²) in [6, 6.07) is 14.4. The second-order valence-electron chi connectivity index (χ2n) is 9.39. The van der Waals surface area contributed by atoms with E-state index in [0.717, 1.165) is 22.3 Å². The van der Waals surface area contributed by atoms with E-state index in [1.165, 1.54) is 0 Å². The number of carbonyl (C=O) groups is 3. The van der Waals surface area contributed by atoms with Crippen LogP contribution in [0.4, 0.5) is 14.0 Å². The molecule has 2 amide bonds. The van der Waals surface area contributed by atoms with Crippen molar-refractivity contribution in [1.29, 1.82) is 0 Å². The zero-order valence-electron chi connectivity index (χ0n) is 20.0. The van der Waals surface area contributed by atoms with Crippen LogP contribution in [0, 0.1) is 0 Å². The summed E-state index contributed by atoms with van der Waals surface area (Å²) in [6.45, 7) is 5.32. The van der Waals surface area contributed by atoms with Gasteiger partial charge in [0, 0.05) is 12.5 Å². The van der Waals surface area contributed by atoms with Gasteiger partial charge in [-0.1, -0.05) is 48.5 Å². The number of benzene rings is 2. The van der Waals surface area contributed by atoms with Gasteiger partial charge >= 0.3 is 18.2 Å². The molecule has 9 heteroatoms. The molecule has 2 aromatic rings. The quantitative estimate of drug-likeness (QED) is 0.446. The second kappa shape index (κ2) is 11.2. The zero-order chi connectivity index (χ0) is 25.6. The molecule has 3 N–H and O–H groups in total. The molecule has 35 heavy (non-hydrogen) atoms. The largest absolute Gasteiger partial charge is 0.479 e. The maximum absolute atomic E-state index is 14.3. The molecule has 0 saturated carbocycles. The van der Waals surface area contributed by atoms with Crippen LogP contribution in [0.25, 0.3) is 11.1 Å². The zero-order valence-corrected chi connectivity index (χ0v) is 20.0. The number of carboxylic acids is 1. The first-order chi connectivity index (χ1) is 16.6. The lowest BCUT2D eigenvalue weighted by molar-refractivity contribution is -0.143. The van der Waals surface area contributed by atoms with Gasteiger partial charge < -0.3 is 25.2 Å². The lowest BCUT2D eigenvalue weighted by atomic mass is 9.98. The molecule has 0 fully saturated rings. The van der Waals surface area contributed by atoms with E-state index >= 15 is 0 Å². The standard InChI is InChI=1S/C26H31FN2O6/c1-26(2,3)35-24(32)28-14-8-13-21(22(27)23(30)31)29-25(33)34-15-20-18-11-6-4-9-16(18)17-10-5-7-12-19(17)20/h4-7,9-12,20-22H,8,13-15H2,1-3H3,(H,28,32)(H,29,33)(H,30,31)/t21-,22-/m0/s1. The number of hydrogen-bond donors (Lipinski definition) is 3. The van der Waals surface area contributed by atoms with Crippen molar-refractivity contribution < 1.29 is 33.4 Å². The molecule has 0 aromatic heterocycles. The van der Waals surface area contributed by atoms with Crippen molar-refractivity contribution in [3.8, 4) is 11.1 Å². The van der Waals surface area contributed by atoms with Crippen molar-refractivity contribution >= 4 is 18.2 Å². The van der Waals surface area contributed by atoms with Crippen LogP contribution in [0.3, 0.4) is 0 Å². The minimum Gasteiger partial charge on any atom is -0.479 e. The number of alkyl halides is 1. The molecule has 0 spiro atoms. The summed E-state index contributed by atoms with van der Waals surface area (Å²) in [6.07, 6.45) is -3.65. The first-order valence-corrected chi connectivity index (χ1v) is 11.5. The molecule has 0 aliphatic heterocycles. The molecule has 0 bridgehead atoms. The lowest BCUT2D eigenvalue weighted by Gasteiger charge is -2.22. The Labute approximate surface area is 203 Å². The van der Waals surface area contributed by atoms with Crippen molar-refractivity contribution in [2.75, 3.05) is 13.2 Å². The van der Waals surface area contributed by atoms with E-state index in [2.05, 4.69) is 10.6 Å². The molecule has 0 unspecified atom stereocenters. The Morgan fingerprint density at radius 1 is 1.00 bits per heavy atom. The highest BCUT2D eigenvalue weighted by atomic mass is 19.1. The Morgan fingerprint density at radius 2 is 1.57 bits per heavy atom. The molecule has 0 radical (unpaired) electrons. The third-order valence-corrected chi connectivity index (χ3v) is 5.60. The van der Waals surface area contributed by atoms with Gasteiger partial charge in [-0.2, -0.15) is 0 Å². The highest BCUT2D eigenvalue weighted by molar-refractivity contribution is 5.79. The first-order valence-electron chi connectivity index (χ1n) is 11.5. The predicted octanol–water partition coefficient (Wildman–Crippen LogP) is 4.62. The molecule has 1 aliphatic carbocycles. The van der Waals surface area contributed by atoms with Gasteiger partial charge in [0.05, 0.1) is 6.04 Å². The van der Waals surface area contributed by atoms with Crippen LogP contribution >= 0.6 is 0 Å². The van der Waals surface area contributed by atoms with Crippen molar-refractivity contribution in [3.05, 3.63) is 59.7 Å². The normalized spacial score (nSPS) is 14.3. The van der Waals surface area contributed by atoms with Gasteiger partial charge in [0.1, 0.15) is 12.2 Å². The fraction of sp³-hybridized carbons (Fsp3) is 0.423. The molecular weight excluding hydrogens is 455 g/mol. The summed E-state index contributed by atoms with van der Waals surface area (Å²) in [5.74, 6) is -1.86. The maximum atomic E-state index is 14.3. The Hall–Kier alpha value is -3.62. The van der Waals surface area contributed by atoms with Gasteiger partial charge in [0.2, 0.25) is 6.17 Å². The number of carboxylic acid groups (broad SMARTS) is 1. The minimum absolute atomic E-state index is 0.0204. The molecule has 3 rings (SSSR count). The highest BCUT2D eigenvalue weighted by Gasteiger charge is 2.32. The van der Waals surface area contributed by atoms with Crippen LogP contribution in [-0.4, -0.2) is 54.2 Å². The summed E-state index contributed by atoms with van der Waals surface area (Å²) in [4.78, 5) is 35.4. The number of fused-ring (bicyclic) bond motifs is 3. The van der Waals surface area contributed by atoms with Crippen LogP contribution in [0.2, 0.25) is 0 Å². The molecule has 8 nitrogen and oxygen atoms in total. The Morgan fingerprint density at radius 3 is 2.11 bits per heavy atom. The Bertz CT molecular complexity index is 1020. The number of carbonyl (C=O) groups excluding carboxylic acids is 2. The topological polar surface area (TPSA) is 114 Å². The maximum Gasteiger partial charge on any atom is 0.407 e. The number of halogens is 1. The van der Waals surface area contributed by atoms with Gasteiger partial charge in [-0.15, -0.1) is 0 Å². The number of aliphatic carboxylic acids is 1. The Balaban J connectivity index is 1.55. The van der Waals surface area contributed by atoms with Crippen molar-refractivity contribution in [3.63, 3.8) is 0 Å². The van der Waals surface area contributed by atoms with Crippen molar-refractivity contribution in [2.45, 2.75) is 57.3 Å². The second-order valence-corrected chi connectivity index (χ2v) is 9.39. The van der Waals surface area contributed by atoms with E-state index in [1.54, 1.807) is 20.8 Å². The van der Waals surface area contributed by atoms with Gasteiger partial charge in [0.15, 0.2) is 0 Å². The minimum atomic E-state index is -2.32. The van der Waals surface area contributed by atoms with Crippen LogP contribution in [0.15, 0.2) is 48.5 Å². The van der Waals surface area contributed by atoms with Crippen molar-refractivity contribution in [2.24, 2.45) is 0 Å². The number of alkyl carbamates (subject to hydrolysis) is 2. The monoisotopic (exact) mass is 486 g/mol. The van der Waals surface area contributed by atoms with Gasteiger partial charge in [0.25, 0.3) is 0 Å². The van der Waals surface area contributed by atoms with Gasteiger partial charge in [-0.05, 0) is 55.9 Å². The number of hydrogen-bond acceptors (Lipinski definition) is 5. The predicted molar refractivity (Wildman–Crippen MR) is 128 cm³/mol. The van der Waals surface area contributed by atoms with Gasteiger partial charge in [-0.3, -0.25) is 0 Å². The average molecular weight is 487 g/mol. The molecule has 0 heterocycles. The summed E-state index contributed by atoms with van der Waals surface area (Å²) in [7, 11) is 0. The van der Waals surface area contributed by atoms with E-state index in [1.807, 2.05) is 48.5 Å². The molecule has 188 valence electrons. The van der Waals surface area contributed by atoms with Crippen LogP contribution in [0.1, 0.15) is 50.7 Å². The van der Waals surface area contributed by atoms with Crippen molar-refractivity contribution in [1.82, 2.24) is 10.6 Å². The summed E-state index contributed by atoms with van der Waals surface area (Å²) < 4.78 is 24.8. The van der Waals surface area contributed by atoms with E-state index in [0.29, 0.717) is 0 Å². The number of ether oxygens (including phenoxy) is 2. The smallest absolute Gasteiger partial charge is 0.407 e. The molecular formula is C26H31FN2O6. The van der Waals surface area contributed by atoms with Crippen LogP contribution in [0.5, 0.6) is 0 Å². The molecule has 2 aromatic carbocycles. The highest BCUT2D eigenvalue weighted by Crippen LogP contribution is 2.44. The number of amides is 2. The molecule has 0 saturated heterocycles. The van der Waals surface area contributed by atoms with E-state index in [9.17, 15) is 18.8 Å². The number of rotatable bonds is 9. The number of nitrogens with one attached hydrogen (secondary N) is 2. The SMILES string of the molecule is CC(C)(C)OC(=O)NCCC[C@H](NC(=O)OCC1c2ccccc2-c2ccccc21)[C@H](F)C(=O)O. The van der Waals surface area contributed by atoms with Crippen LogP contribution in [-0.2, 0) is 14.3 Å². The Kier molecular flexibility index (Phi) is 8.32. The third kappa shape index (κ3) is 6.94. The lowest BCUT2D eigenvalue weighted by Crippen LogP contribution is -2.45. The van der Waals surface area contributed by atoms with E-state index in [-0.39, 0.29) is 31.9 Å². The third-order valence-electron chi connectivity index (χ3n) is 5.60. The summed E-state index contributed by atoms with van der Waals surface area (Å²) >= 11 is 0. The fourth-order valence-corrected chi connectivity index (χ4v) is 4.08. The van der Waals surface area contributed by atoms with Crippen LogP contribution < -0.4 is 10.6 Å². The summed E-state index contributed by atoms with van der Waals surface area (Å²) in [5.41, 5.74) is 3.54. The van der Waals surface area contributed by atoms with Gasteiger partial charge in [-0.25, -0.2) is 18.8 Å². The van der Waals surface area contributed by atoms with E-state index < -0.39 is 36.0 Å². The first kappa shape index (κ1) is 26.0.